The van der Waals surface area contributed by atoms with Crippen molar-refractivity contribution in [3.05, 3.63) is 42.1 Å². The second kappa shape index (κ2) is 5.36. The van der Waals surface area contributed by atoms with Crippen molar-refractivity contribution in [3.63, 3.8) is 0 Å². The summed E-state index contributed by atoms with van der Waals surface area (Å²) in [5, 5.41) is 4.02. The zero-order valence-electron chi connectivity index (χ0n) is 10.6. The molecule has 1 aliphatic heterocycles. The van der Waals surface area contributed by atoms with E-state index in [9.17, 15) is 4.79 Å². The van der Waals surface area contributed by atoms with Crippen LogP contribution < -0.4 is 5.32 Å². The molecule has 1 fully saturated rings. The molecule has 0 spiro atoms. The Balaban J connectivity index is 1.77. The summed E-state index contributed by atoms with van der Waals surface area (Å²) in [5.74, 6) is -0.124. The summed E-state index contributed by atoms with van der Waals surface area (Å²) in [5.41, 5.74) is 1.30. The molecule has 2 heterocycles. The van der Waals surface area contributed by atoms with Crippen LogP contribution in [0.25, 0.3) is 10.9 Å². The van der Waals surface area contributed by atoms with E-state index in [1.165, 1.54) is 0 Å². The number of fused-ring (bicyclic) bond motifs is 1. The number of nitrogens with zero attached hydrogens (tertiary/aromatic N) is 1. The van der Waals surface area contributed by atoms with Gasteiger partial charge in [0.25, 0.3) is 5.91 Å². The third-order valence-electron chi connectivity index (χ3n) is 3.33. The lowest BCUT2D eigenvalue weighted by Gasteiger charge is -2.22. The van der Waals surface area contributed by atoms with Crippen molar-refractivity contribution in [3.8, 4) is 0 Å². The molecule has 0 saturated carbocycles. The minimum Gasteiger partial charge on any atom is -0.379 e. The van der Waals surface area contributed by atoms with E-state index in [0.717, 1.165) is 30.4 Å². The summed E-state index contributed by atoms with van der Waals surface area (Å²) in [6.45, 7) is 1.39. The van der Waals surface area contributed by atoms with Gasteiger partial charge in [-0.05, 0) is 25.0 Å². The maximum atomic E-state index is 12.1. The van der Waals surface area contributed by atoms with Crippen molar-refractivity contribution in [1.29, 1.82) is 0 Å². The number of aromatic nitrogens is 1. The summed E-state index contributed by atoms with van der Waals surface area (Å²) in [6, 6.07) is 11.6. The summed E-state index contributed by atoms with van der Waals surface area (Å²) in [6.07, 6.45) is 1.97. The largest absolute Gasteiger partial charge is 0.379 e. The molecule has 19 heavy (non-hydrogen) atoms. The molecule has 4 heteroatoms. The van der Waals surface area contributed by atoms with Crippen LogP contribution in [-0.4, -0.2) is 30.1 Å². The zero-order valence-corrected chi connectivity index (χ0v) is 10.6. The van der Waals surface area contributed by atoms with Gasteiger partial charge < -0.3 is 10.1 Å². The fourth-order valence-electron chi connectivity index (χ4n) is 2.31. The van der Waals surface area contributed by atoms with Gasteiger partial charge in [-0.3, -0.25) is 4.79 Å². The lowest BCUT2D eigenvalue weighted by molar-refractivity contribution is 0.0622. The number of hydrogen-bond acceptors (Lipinski definition) is 3. The van der Waals surface area contributed by atoms with E-state index in [2.05, 4.69) is 10.3 Å². The van der Waals surface area contributed by atoms with E-state index in [1.54, 1.807) is 6.07 Å². The number of ether oxygens (including phenoxy) is 1. The first-order chi connectivity index (χ1) is 9.33. The molecule has 1 aromatic carbocycles. The Hall–Kier alpha value is -1.94. The molecule has 0 aliphatic carbocycles. The SMILES string of the molecule is O=C(NC1CCCOC1)c1ccc2ccccc2n1. The van der Waals surface area contributed by atoms with E-state index in [1.807, 2.05) is 30.3 Å². The highest BCUT2D eigenvalue weighted by Crippen LogP contribution is 2.12. The fourth-order valence-corrected chi connectivity index (χ4v) is 2.31. The van der Waals surface area contributed by atoms with Crippen LogP contribution >= 0.6 is 0 Å². The van der Waals surface area contributed by atoms with Crippen LogP contribution in [0.3, 0.4) is 0 Å². The number of hydrogen-bond donors (Lipinski definition) is 1. The van der Waals surface area contributed by atoms with E-state index in [0.29, 0.717) is 12.3 Å². The number of para-hydroxylation sites is 1. The van der Waals surface area contributed by atoms with E-state index in [-0.39, 0.29) is 11.9 Å². The fraction of sp³-hybridized carbons (Fsp3) is 0.333. The van der Waals surface area contributed by atoms with Gasteiger partial charge in [-0.2, -0.15) is 0 Å². The second-order valence-electron chi connectivity index (χ2n) is 4.78. The Morgan fingerprint density at radius 3 is 3.00 bits per heavy atom. The first-order valence-electron chi connectivity index (χ1n) is 6.57. The summed E-state index contributed by atoms with van der Waals surface area (Å²) in [4.78, 5) is 16.5. The van der Waals surface area contributed by atoms with Gasteiger partial charge in [0.1, 0.15) is 5.69 Å². The summed E-state index contributed by atoms with van der Waals surface area (Å²) < 4.78 is 5.35. The molecule has 1 aromatic heterocycles. The number of pyridine rings is 1. The highest BCUT2D eigenvalue weighted by Gasteiger charge is 2.17. The van der Waals surface area contributed by atoms with E-state index in [4.69, 9.17) is 4.74 Å². The van der Waals surface area contributed by atoms with Gasteiger partial charge in [0.05, 0.1) is 18.2 Å². The Kier molecular flexibility index (Phi) is 3.42. The molecule has 3 rings (SSSR count). The quantitative estimate of drug-likeness (QED) is 0.895. The zero-order chi connectivity index (χ0) is 13.1. The Morgan fingerprint density at radius 2 is 2.16 bits per heavy atom. The van der Waals surface area contributed by atoms with Crippen LogP contribution in [-0.2, 0) is 4.74 Å². The van der Waals surface area contributed by atoms with Crippen molar-refractivity contribution in [2.45, 2.75) is 18.9 Å². The van der Waals surface area contributed by atoms with E-state index < -0.39 is 0 Å². The van der Waals surface area contributed by atoms with Gasteiger partial charge >= 0.3 is 0 Å². The molecular weight excluding hydrogens is 240 g/mol. The van der Waals surface area contributed by atoms with Gasteiger partial charge in [0.15, 0.2) is 0 Å². The summed E-state index contributed by atoms with van der Waals surface area (Å²) >= 11 is 0. The molecule has 4 nitrogen and oxygen atoms in total. The molecule has 2 aromatic rings. The number of carbonyl (C=O) groups is 1. The van der Waals surface area contributed by atoms with Crippen LogP contribution in [0.5, 0.6) is 0 Å². The smallest absolute Gasteiger partial charge is 0.270 e. The van der Waals surface area contributed by atoms with Crippen LogP contribution in [0.2, 0.25) is 0 Å². The lowest BCUT2D eigenvalue weighted by atomic mass is 10.1. The molecule has 1 amide bonds. The second-order valence-corrected chi connectivity index (χ2v) is 4.78. The van der Waals surface area contributed by atoms with Gasteiger partial charge in [0.2, 0.25) is 0 Å². The van der Waals surface area contributed by atoms with Crippen LogP contribution in [0, 0.1) is 0 Å². The topological polar surface area (TPSA) is 51.2 Å². The Bertz CT molecular complexity index is 591. The predicted octanol–water partition coefficient (Wildman–Crippen LogP) is 2.14. The van der Waals surface area contributed by atoms with Crippen LogP contribution in [0.1, 0.15) is 23.3 Å². The first kappa shape index (κ1) is 12.1. The van der Waals surface area contributed by atoms with E-state index >= 15 is 0 Å². The standard InChI is InChI=1S/C15H16N2O2/c18-15(16-12-5-3-9-19-10-12)14-8-7-11-4-1-2-6-13(11)17-14/h1-2,4,6-8,12H,3,5,9-10H2,(H,16,18). The molecule has 98 valence electrons. The molecule has 0 radical (unpaired) electrons. The Labute approximate surface area is 111 Å². The maximum absolute atomic E-state index is 12.1. The number of amides is 1. The van der Waals surface area contributed by atoms with Crippen molar-refractivity contribution in [1.82, 2.24) is 10.3 Å². The normalized spacial score (nSPS) is 19.3. The minimum atomic E-state index is -0.124. The van der Waals surface area contributed by atoms with Crippen molar-refractivity contribution in [2.75, 3.05) is 13.2 Å². The van der Waals surface area contributed by atoms with Crippen molar-refractivity contribution >= 4 is 16.8 Å². The Morgan fingerprint density at radius 1 is 1.26 bits per heavy atom. The molecule has 1 saturated heterocycles. The molecule has 1 aliphatic rings. The number of benzene rings is 1. The summed E-state index contributed by atoms with van der Waals surface area (Å²) in [7, 11) is 0. The monoisotopic (exact) mass is 256 g/mol. The molecule has 1 unspecified atom stereocenters. The molecular formula is C15H16N2O2. The number of rotatable bonds is 2. The molecule has 1 N–H and O–H groups in total. The maximum Gasteiger partial charge on any atom is 0.270 e. The van der Waals surface area contributed by atoms with Crippen molar-refractivity contribution in [2.24, 2.45) is 0 Å². The van der Waals surface area contributed by atoms with Gasteiger partial charge in [-0.25, -0.2) is 4.98 Å². The minimum absolute atomic E-state index is 0.106. The van der Waals surface area contributed by atoms with Gasteiger partial charge in [-0.15, -0.1) is 0 Å². The third kappa shape index (κ3) is 2.74. The average molecular weight is 256 g/mol. The third-order valence-corrected chi connectivity index (χ3v) is 3.33. The average Bonchev–Trinajstić information content (AvgIpc) is 2.48. The predicted molar refractivity (Wildman–Crippen MR) is 73.1 cm³/mol. The number of nitrogens with one attached hydrogen (secondary N) is 1. The number of carbonyl (C=O) groups excluding carboxylic acids is 1. The van der Waals surface area contributed by atoms with Gasteiger partial charge in [0, 0.05) is 12.0 Å². The lowest BCUT2D eigenvalue weighted by Crippen LogP contribution is -2.40. The molecule has 1 atom stereocenters. The highest BCUT2D eigenvalue weighted by atomic mass is 16.5. The van der Waals surface area contributed by atoms with Crippen LogP contribution in [0.4, 0.5) is 0 Å². The van der Waals surface area contributed by atoms with Gasteiger partial charge in [-0.1, -0.05) is 24.3 Å². The van der Waals surface area contributed by atoms with Crippen molar-refractivity contribution < 1.29 is 9.53 Å². The van der Waals surface area contributed by atoms with Crippen LogP contribution in [0.15, 0.2) is 36.4 Å². The first-order valence-corrected chi connectivity index (χ1v) is 6.57. The molecule has 0 bridgehead atoms. The highest BCUT2D eigenvalue weighted by molar-refractivity contribution is 5.95.